The molecular weight excluding hydrogens is 216 g/mol. The fourth-order valence-corrected chi connectivity index (χ4v) is 1.63. The zero-order chi connectivity index (χ0) is 12.1. The van der Waals surface area contributed by atoms with E-state index in [1.807, 2.05) is 42.1 Å². The van der Waals surface area contributed by atoms with Crippen LogP contribution in [0.2, 0.25) is 0 Å². The molecule has 0 atom stereocenters. The van der Waals surface area contributed by atoms with Gasteiger partial charge in [-0.1, -0.05) is 12.1 Å². The maximum absolute atomic E-state index is 9.01. The lowest BCUT2D eigenvalue weighted by Crippen LogP contribution is -2.06. The molecule has 17 heavy (non-hydrogen) atoms. The van der Waals surface area contributed by atoms with Gasteiger partial charge in [0.2, 0.25) is 0 Å². The summed E-state index contributed by atoms with van der Waals surface area (Å²) >= 11 is 0. The summed E-state index contributed by atoms with van der Waals surface area (Å²) in [5.74, 6) is 1.79. The number of aromatic nitrogens is 2. The van der Waals surface area contributed by atoms with Crippen molar-refractivity contribution < 1.29 is 9.84 Å². The predicted molar refractivity (Wildman–Crippen MR) is 64.8 cm³/mol. The monoisotopic (exact) mass is 232 g/mol. The summed E-state index contributed by atoms with van der Waals surface area (Å²) in [7, 11) is 1.97. The molecule has 0 saturated carbocycles. The number of aryl methyl sites for hydroxylation is 1. The van der Waals surface area contributed by atoms with Gasteiger partial charge in [-0.05, 0) is 17.7 Å². The molecule has 0 radical (unpaired) electrons. The van der Waals surface area contributed by atoms with Gasteiger partial charge in [0.05, 0.1) is 13.2 Å². The third-order valence-corrected chi connectivity index (χ3v) is 2.60. The van der Waals surface area contributed by atoms with E-state index in [4.69, 9.17) is 9.84 Å². The molecule has 0 unspecified atom stereocenters. The van der Waals surface area contributed by atoms with Crippen LogP contribution in [-0.4, -0.2) is 21.3 Å². The van der Waals surface area contributed by atoms with Crippen molar-refractivity contribution in [2.24, 2.45) is 7.05 Å². The molecule has 2 rings (SSSR count). The van der Waals surface area contributed by atoms with Crippen LogP contribution in [-0.2, 0) is 20.1 Å². The molecule has 0 aliphatic heterocycles. The highest BCUT2D eigenvalue weighted by molar-refractivity contribution is 5.27. The van der Waals surface area contributed by atoms with Gasteiger partial charge in [0.25, 0.3) is 0 Å². The molecule has 0 aliphatic rings. The number of hydrogen-bond donors (Lipinski definition) is 1. The van der Waals surface area contributed by atoms with Crippen molar-refractivity contribution in [1.82, 2.24) is 9.55 Å². The smallest absolute Gasteiger partial charge is 0.119 e. The number of nitrogens with zero attached hydrogens (tertiary/aromatic N) is 2. The highest BCUT2D eigenvalue weighted by atomic mass is 16.5. The Kier molecular flexibility index (Phi) is 3.77. The molecule has 1 aromatic heterocycles. The summed E-state index contributed by atoms with van der Waals surface area (Å²) in [6.45, 7) is 0.621. The highest BCUT2D eigenvalue weighted by Crippen LogP contribution is 2.13. The summed E-state index contributed by atoms with van der Waals surface area (Å²) < 4.78 is 7.59. The topological polar surface area (TPSA) is 47.3 Å². The first kappa shape index (κ1) is 11.7. The van der Waals surface area contributed by atoms with Gasteiger partial charge in [-0.15, -0.1) is 0 Å². The van der Waals surface area contributed by atoms with Crippen LogP contribution in [0, 0.1) is 0 Å². The molecule has 2 aromatic rings. The van der Waals surface area contributed by atoms with Crippen LogP contribution in [0.4, 0.5) is 0 Å². The van der Waals surface area contributed by atoms with Crippen LogP contribution in [0.1, 0.15) is 11.4 Å². The van der Waals surface area contributed by atoms with Gasteiger partial charge in [-0.25, -0.2) is 4.98 Å². The molecule has 0 amide bonds. The molecular formula is C13H16N2O2. The predicted octanol–water partition coefficient (Wildman–Crippen LogP) is 1.53. The molecule has 1 N–H and O–H groups in total. The Balaban J connectivity index is 1.87. The second-order valence-corrected chi connectivity index (χ2v) is 3.86. The van der Waals surface area contributed by atoms with Crippen molar-refractivity contribution in [1.29, 1.82) is 0 Å². The molecule has 0 saturated heterocycles. The third kappa shape index (κ3) is 3.07. The molecule has 4 heteroatoms. The third-order valence-electron chi connectivity index (χ3n) is 2.60. The zero-order valence-corrected chi connectivity index (χ0v) is 9.84. The SMILES string of the molecule is Cn1ccnc1CCOc1cccc(CO)c1. The van der Waals surface area contributed by atoms with E-state index in [2.05, 4.69) is 4.98 Å². The summed E-state index contributed by atoms with van der Waals surface area (Å²) in [6, 6.07) is 7.48. The summed E-state index contributed by atoms with van der Waals surface area (Å²) in [6.07, 6.45) is 4.47. The quantitative estimate of drug-likeness (QED) is 0.850. The lowest BCUT2D eigenvalue weighted by molar-refractivity contribution is 0.279. The number of aliphatic hydroxyl groups is 1. The van der Waals surface area contributed by atoms with Gasteiger partial charge in [0.15, 0.2) is 0 Å². The first-order valence-electron chi connectivity index (χ1n) is 5.58. The fourth-order valence-electron chi connectivity index (χ4n) is 1.63. The zero-order valence-electron chi connectivity index (χ0n) is 9.84. The van der Waals surface area contributed by atoms with Gasteiger partial charge in [-0.2, -0.15) is 0 Å². The average molecular weight is 232 g/mol. The first-order chi connectivity index (χ1) is 8.29. The van der Waals surface area contributed by atoms with Crippen molar-refractivity contribution in [2.45, 2.75) is 13.0 Å². The van der Waals surface area contributed by atoms with E-state index in [1.165, 1.54) is 0 Å². The summed E-state index contributed by atoms with van der Waals surface area (Å²) in [5.41, 5.74) is 0.861. The number of ether oxygens (including phenoxy) is 1. The molecule has 4 nitrogen and oxygen atoms in total. The number of aliphatic hydroxyl groups excluding tert-OH is 1. The first-order valence-corrected chi connectivity index (χ1v) is 5.58. The minimum Gasteiger partial charge on any atom is -0.493 e. The van der Waals surface area contributed by atoms with E-state index in [1.54, 1.807) is 6.20 Å². The maximum atomic E-state index is 9.01. The second kappa shape index (κ2) is 5.50. The Morgan fingerprint density at radius 3 is 3.00 bits per heavy atom. The van der Waals surface area contributed by atoms with Crippen LogP contribution < -0.4 is 4.74 Å². The Morgan fingerprint density at radius 1 is 1.41 bits per heavy atom. The van der Waals surface area contributed by atoms with Crippen LogP contribution in [0.5, 0.6) is 5.75 Å². The number of hydrogen-bond acceptors (Lipinski definition) is 3. The van der Waals surface area contributed by atoms with Crippen LogP contribution in [0.25, 0.3) is 0 Å². The van der Waals surface area contributed by atoms with E-state index in [0.29, 0.717) is 6.61 Å². The van der Waals surface area contributed by atoms with E-state index in [9.17, 15) is 0 Å². The maximum Gasteiger partial charge on any atom is 0.119 e. The lowest BCUT2D eigenvalue weighted by Gasteiger charge is -2.07. The van der Waals surface area contributed by atoms with E-state index in [-0.39, 0.29) is 6.61 Å². The number of rotatable bonds is 5. The number of imidazole rings is 1. The van der Waals surface area contributed by atoms with E-state index < -0.39 is 0 Å². The molecule has 0 fully saturated rings. The highest BCUT2D eigenvalue weighted by Gasteiger charge is 2.00. The Morgan fingerprint density at radius 2 is 2.29 bits per heavy atom. The Hall–Kier alpha value is -1.81. The Labute approximate surface area is 100 Å². The summed E-state index contributed by atoms with van der Waals surface area (Å²) in [5, 5.41) is 9.01. The lowest BCUT2D eigenvalue weighted by atomic mass is 10.2. The van der Waals surface area contributed by atoms with Crippen molar-refractivity contribution in [3.05, 3.63) is 48.0 Å². The second-order valence-electron chi connectivity index (χ2n) is 3.86. The standard InChI is InChI=1S/C13H16N2O2/c1-15-7-6-14-13(15)5-8-17-12-4-2-3-11(9-12)10-16/h2-4,6-7,9,16H,5,8,10H2,1H3. The largest absolute Gasteiger partial charge is 0.493 e. The summed E-state index contributed by atoms with van der Waals surface area (Å²) in [4.78, 5) is 4.22. The van der Waals surface area contributed by atoms with Crippen molar-refractivity contribution in [3.63, 3.8) is 0 Å². The minimum absolute atomic E-state index is 0.0383. The molecule has 0 spiro atoms. The van der Waals surface area contributed by atoms with Crippen LogP contribution in [0.15, 0.2) is 36.7 Å². The normalized spacial score (nSPS) is 10.5. The molecule has 0 bridgehead atoms. The van der Waals surface area contributed by atoms with Crippen molar-refractivity contribution in [2.75, 3.05) is 6.61 Å². The van der Waals surface area contributed by atoms with Gasteiger partial charge in [-0.3, -0.25) is 0 Å². The minimum atomic E-state index is 0.0383. The van der Waals surface area contributed by atoms with Crippen LogP contribution in [0.3, 0.4) is 0 Å². The molecule has 0 aliphatic carbocycles. The van der Waals surface area contributed by atoms with Gasteiger partial charge in [0.1, 0.15) is 11.6 Å². The van der Waals surface area contributed by atoms with Crippen LogP contribution >= 0.6 is 0 Å². The number of benzene rings is 1. The van der Waals surface area contributed by atoms with Gasteiger partial charge < -0.3 is 14.4 Å². The van der Waals surface area contributed by atoms with Crippen molar-refractivity contribution in [3.8, 4) is 5.75 Å². The molecule has 1 heterocycles. The van der Waals surface area contributed by atoms with E-state index >= 15 is 0 Å². The van der Waals surface area contributed by atoms with Crippen molar-refractivity contribution >= 4 is 0 Å². The molecule has 90 valence electrons. The van der Waals surface area contributed by atoms with E-state index in [0.717, 1.165) is 23.6 Å². The average Bonchev–Trinajstić information content (AvgIpc) is 2.76. The van der Waals surface area contributed by atoms with Gasteiger partial charge >= 0.3 is 0 Å². The fraction of sp³-hybridized carbons (Fsp3) is 0.308. The Bertz CT molecular complexity index is 480. The van der Waals surface area contributed by atoms with Gasteiger partial charge in [0, 0.05) is 25.9 Å². The molecule has 1 aromatic carbocycles.